The molecule has 0 bridgehead atoms. The number of aromatic nitrogens is 5. The number of hydrogen-bond acceptors (Lipinski definition) is 5. The van der Waals surface area contributed by atoms with E-state index in [4.69, 9.17) is 19.8 Å². The Labute approximate surface area is 189 Å². The van der Waals surface area contributed by atoms with E-state index in [2.05, 4.69) is 73.0 Å². The van der Waals surface area contributed by atoms with E-state index in [9.17, 15) is 0 Å². The monoisotopic (exact) mass is 457 g/mol. The molecule has 0 aliphatic rings. The van der Waals surface area contributed by atoms with Crippen LogP contribution < -0.4 is 0 Å². The zero-order valence-corrected chi connectivity index (χ0v) is 20.6. The Balaban J connectivity index is 1.50. The SMILES string of the molecule is Cc1cc(C)n2nc(CCc3nc(-c4cccs4)cn3COCCS(C)(C)C)nc2c1. The Morgan fingerprint density at radius 1 is 1.10 bits per heavy atom. The quantitative estimate of drug-likeness (QED) is 0.341. The first-order valence-corrected chi connectivity index (χ1v) is 14.4. The van der Waals surface area contributed by atoms with Crippen LogP contribution in [0.15, 0.2) is 35.8 Å². The molecule has 0 N–H and O–H groups in total. The second-order valence-electron chi connectivity index (χ2n) is 8.79. The highest BCUT2D eigenvalue weighted by Gasteiger charge is 2.13. The topological polar surface area (TPSA) is 57.2 Å². The lowest BCUT2D eigenvalue weighted by atomic mass is 10.2. The van der Waals surface area contributed by atoms with Crippen molar-refractivity contribution < 1.29 is 4.74 Å². The molecule has 0 aliphatic carbocycles. The van der Waals surface area contributed by atoms with Crippen molar-refractivity contribution in [2.45, 2.75) is 33.4 Å². The van der Waals surface area contributed by atoms with Crippen molar-refractivity contribution in [3.8, 4) is 10.6 Å². The number of imidazole rings is 1. The van der Waals surface area contributed by atoms with Gasteiger partial charge in [0, 0.05) is 30.5 Å². The maximum Gasteiger partial charge on any atom is 0.156 e. The summed E-state index contributed by atoms with van der Waals surface area (Å²) in [7, 11) is -0.552. The van der Waals surface area contributed by atoms with Crippen LogP contribution in [0.25, 0.3) is 16.2 Å². The van der Waals surface area contributed by atoms with Gasteiger partial charge in [0.15, 0.2) is 11.5 Å². The standard InChI is InChI=1S/C23H31N5OS2/c1-17-13-18(2)28-23(14-17)25-21(26-28)8-9-22-24-19(20-7-6-11-30-20)15-27(22)16-29-10-12-31(3,4)5/h6-7,11,13-15H,8-10,12,16H2,1-5H3. The van der Waals surface area contributed by atoms with E-state index in [-0.39, 0.29) is 0 Å². The largest absolute Gasteiger partial charge is 0.360 e. The van der Waals surface area contributed by atoms with Gasteiger partial charge in [0.05, 0.1) is 17.2 Å². The summed E-state index contributed by atoms with van der Waals surface area (Å²) < 4.78 is 10.1. The van der Waals surface area contributed by atoms with Crippen LogP contribution in [-0.2, 0) is 24.3 Å². The van der Waals surface area contributed by atoms with Crippen molar-refractivity contribution in [2.75, 3.05) is 31.1 Å². The first kappa shape index (κ1) is 22.0. The predicted molar refractivity (Wildman–Crippen MR) is 132 cm³/mol. The molecular weight excluding hydrogens is 426 g/mol. The lowest BCUT2D eigenvalue weighted by Crippen LogP contribution is -2.12. The van der Waals surface area contributed by atoms with E-state index in [0.29, 0.717) is 6.73 Å². The molecule has 0 aromatic carbocycles. The van der Waals surface area contributed by atoms with Crippen molar-refractivity contribution in [1.82, 2.24) is 24.1 Å². The molecule has 0 radical (unpaired) electrons. The van der Waals surface area contributed by atoms with E-state index in [1.807, 2.05) is 4.52 Å². The minimum atomic E-state index is -0.552. The second-order valence-corrected chi connectivity index (χ2v) is 14.3. The molecule has 0 saturated heterocycles. The van der Waals surface area contributed by atoms with Crippen molar-refractivity contribution in [1.29, 1.82) is 0 Å². The van der Waals surface area contributed by atoms with Gasteiger partial charge >= 0.3 is 0 Å². The highest BCUT2D eigenvalue weighted by Crippen LogP contribution is 2.33. The van der Waals surface area contributed by atoms with E-state index in [1.54, 1.807) is 11.3 Å². The molecule has 4 aromatic heterocycles. The fraction of sp³-hybridized carbons (Fsp3) is 0.435. The summed E-state index contributed by atoms with van der Waals surface area (Å²) in [6.45, 7) is 5.46. The van der Waals surface area contributed by atoms with Gasteiger partial charge in [0.1, 0.15) is 12.6 Å². The number of hydrogen-bond donors (Lipinski definition) is 0. The van der Waals surface area contributed by atoms with Gasteiger partial charge in [-0.15, -0.1) is 11.3 Å². The van der Waals surface area contributed by atoms with Gasteiger partial charge in [-0.25, -0.2) is 24.5 Å². The number of rotatable bonds is 9. The molecule has 4 aromatic rings. The Morgan fingerprint density at radius 3 is 2.68 bits per heavy atom. The molecule has 0 amide bonds. The van der Waals surface area contributed by atoms with Gasteiger partial charge in [-0.05, 0) is 61.8 Å². The maximum atomic E-state index is 6.01. The molecule has 6 nitrogen and oxygen atoms in total. The molecule has 4 heterocycles. The van der Waals surface area contributed by atoms with Crippen molar-refractivity contribution in [3.05, 3.63) is 58.7 Å². The fourth-order valence-electron chi connectivity index (χ4n) is 3.47. The van der Waals surface area contributed by atoms with Crippen LogP contribution in [-0.4, -0.2) is 55.3 Å². The van der Waals surface area contributed by atoms with Crippen LogP contribution in [0.4, 0.5) is 0 Å². The Bertz CT molecular complexity index is 1160. The minimum Gasteiger partial charge on any atom is -0.360 e. The molecule has 4 rings (SSSR count). The van der Waals surface area contributed by atoms with E-state index >= 15 is 0 Å². The zero-order valence-electron chi connectivity index (χ0n) is 19.0. The molecule has 31 heavy (non-hydrogen) atoms. The number of fused-ring (bicyclic) bond motifs is 1. The molecule has 0 spiro atoms. The summed E-state index contributed by atoms with van der Waals surface area (Å²) in [4.78, 5) is 10.8. The molecular formula is C23H31N5OS2. The van der Waals surface area contributed by atoms with Gasteiger partial charge in [-0.3, -0.25) is 0 Å². The third kappa shape index (κ3) is 5.56. The second kappa shape index (κ2) is 9.14. The first-order valence-electron chi connectivity index (χ1n) is 10.4. The van der Waals surface area contributed by atoms with Crippen LogP contribution in [0.5, 0.6) is 0 Å². The lowest BCUT2D eigenvalue weighted by molar-refractivity contribution is 0.0875. The highest BCUT2D eigenvalue weighted by molar-refractivity contribution is 8.32. The van der Waals surface area contributed by atoms with E-state index in [0.717, 1.165) is 53.9 Å². The summed E-state index contributed by atoms with van der Waals surface area (Å²) >= 11 is 1.71. The number of ether oxygens (including phenoxy) is 1. The summed E-state index contributed by atoms with van der Waals surface area (Å²) in [5.74, 6) is 2.97. The molecule has 0 fully saturated rings. The summed E-state index contributed by atoms with van der Waals surface area (Å²) in [6.07, 6.45) is 10.6. The Kier molecular flexibility index (Phi) is 6.50. The smallest absolute Gasteiger partial charge is 0.156 e. The number of aryl methyl sites for hydroxylation is 4. The molecule has 0 unspecified atom stereocenters. The fourth-order valence-corrected chi connectivity index (χ4v) is 4.77. The number of thiophene rings is 1. The maximum absolute atomic E-state index is 6.01. The van der Waals surface area contributed by atoms with Gasteiger partial charge < -0.3 is 9.30 Å². The average Bonchev–Trinajstić information content (AvgIpc) is 3.41. The van der Waals surface area contributed by atoms with Crippen LogP contribution in [0.3, 0.4) is 0 Å². The molecule has 0 atom stereocenters. The van der Waals surface area contributed by atoms with Gasteiger partial charge in [-0.1, -0.05) is 6.07 Å². The number of pyridine rings is 1. The van der Waals surface area contributed by atoms with Crippen LogP contribution in [0.2, 0.25) is 0 Å². The third-order valence-corrected chi connectivity index (χ3v) is 7.36. The first-order chi connectivity index (χ1) is 14.8. The highest BCUT2D eigenvalue weighted by atomic mass is 32.3. The zero-order chi connectivity index (χ0) is 22.0. The molecule has 0 aliphatic heterocycles. The molecule has 8 heteroatoms. The summed E-state index contributed by atoms with van der Waals surface area (Å²) in [6, 6.07) is 8.37. The predicted octanol–water partition coefficient (Wildman–Crippen LogP) is 4.72. The normalized spacial score (nSPS) is 12.7. The Hall–Kier alpha value is -2.16. The van der Waals surface area contributed by atoms with E-state index < -0.39 is 10.0 Å². The molecule has 166 valence electrons. The van der Waals surface area contributed by atoms with Crippen LogP contribution >= 0.6 is 21.4 Å². The third-order valence-electron chi connectivity index (χ3n) is 5.08. The van der Waals surface area contributed by atoms with Crippen molar-refractivity contribution >= 4 is 27.0 Å². The minimum absolute atomic E-state index is 0.528. The van der Waals surface area contributed by atoms with Gasteiger partial charge in [0.2, 0.25) is 0 Å². The van der Waals surface area contributed by atoms with Crippen LogP contribution in [0.1, 0.15) is 22.9 Å². The Morgan fingerprint density at radius 2 is 1.94 bits per heavy atom. The van der Waals surface area contributed by atoms with Crippen LogP contribution in [0, 0.1) is 13.8 Å². The van der Waals surface area contributed by atoms with E-state index in [1.165, 1.54) is 10.4 Å². The average molecular weight is 458 g/mol. The van der Waals surface area contributed by atoms with Crippen molar-refractivity contribution in [3.63, 3.8) is 0 Å². The summed E-state index contributed by atoms with van der Waals surface area (Å²) in [5.41, 5.74) is 4.21. The molecule has 0 saturated carbocycles. The van der Waals surface area contributed by atoms with Crippen molar-refractivity contribution in [2.24, 2.45) is 0 Å². The summed E-state index contributed by atoms with van der Waals surface area (Å²) in [5, 5.41) is 6.78. The number of nitrogens with zero attached hydrogens (tertiary/aromatic N) is 5. The van der Waals surface area contributed by atoms with Gasteiger partial charge in [0.25, 0.3) is 0 Å². The lowest BCUT2D eigenvalue weighted by Gasteiger charge is -2.24. The van der Waals surface area contributed by atoms with Gasteiger partial charge in [-0.2, -0.15) is 5.10 Å².